The maximum absolute atomic E-state index is 12.8. The van der Waals surface area contributed by atoms with E-state index in [1.807, 2.05) is 24.3 Å². The first kappa shape index (κ1) is 12.8. The monoisotopic (exact) mass is 264 g/mol. The standard InChI is InChI=1S/C14H13FO2S/c1-17-13-4-2-3-11(9-13)10-18(16)14-7-5-12(15)6-8-14/h2-9H,10H2,1H3. The molecule has 94 valence electrons. The molecular formula is C14H13FO2S. The van der Waals surface area contributed by atoms with Gasteiger partial charge < -0.3 is 4.74 Å². The van der Waals surface area contributed by atoms with Crippen molar-refractivity contribution in [2.24, 2.45) is 0 Å². The predicted molar refractivity (Wildman–Crippen MR) is 69.5 cm³/mol. The molecule has 0 amide bonds. The molecule has 2 aromatic rings. The highest BCUT2D eigenvalue weighted by Crippen LogP contribution is 2.17. The van der Waals surface area contributed by atoms with Crippen molar-refractivity contribution in [3.63, 3.8) is 0 Å². The summed E-state index contributed by atoms with van der Waals surface area (Å²) in [4.78, 5) is 0.624. The van der Waals surface area contributed by atoms with E-state index in [-0.39, 0.29) is 5.82 Å². The van der Waals surface area contributed by atoms with E-state index in [4.69, 9.17) is 4.74 Å². The summed E-state index contributed by atoms with van der Waals surface area (Å²) in [6, 6.07) is 13.2. The molecule has 0 aliphatic rings. The normalized spacial score (nSPS) is 12.1. The molecule has 1 atom stereocenters. The van der Waals surface area contributed by atoms with Crippen molar-refractivity contribution in [3.05, 3.63) is 59.9 Å². The summed E-state index contributed by atoms with van der Waals surface area (Å²) in [5, 5.41) is 0. The van der Waals surface area contributed by atoms with Crippen LogP contribution in [0.4, 0.5) is 4.39 Å². The van der Waals surface area contributed by atoms with Crippen LogP contribution in [-0.2, 0) is 16.6 Å². The van der Waals surface area contributed by atoms with Crippen molar-refractivity contribution in [2.45, 2.75) is 10.6 Å². The Bertz CT molecular complexity index is 552. The van der Waals surface area contributed by atoms with Crippen LogP contribution in [0.1, 0.15) is 5.56 Å². The van der Waals surface area contributed by atoms with E-state index in [2.05, 4.69) is 0 Å². The molecule has 0 saturated carbocycles. The molecule has 0 fully saturated rings. The number of benzene rings is 2. The first-order chi connectivity index (χ1) is 8.69. The molecule has 18 heavy (non-hydrogen) atoms. The van der Waals surface area contributed by atoms with Gasteiger partial charge in [0.1, 0.15) is 11.6 Å². The lowest BCUT2D eigenvalue weighted by molar-refractivity contribution is 0.414. The Kier molecular flexibility index (Phi) is 4.10. The van der Waals surface area contributed by atoms with Crippen molar-refractivity contribution in [1.82, 2.24) is 0 Å². The summed E-state index contributed by atoms with van der Waals surface area (Å²) in [6.45, 7) is 0. The fraction of sp³-hybridized carbons (Fsp3) is 0.143. The molecule has 0 bridgehead atoms. The van der Waals surface area contributed by atoms with Crippen LogP contribution in [0.2, 0.25) is 0 Å². The second-order valence-electron chi connectivity index (χ2n) is 3.80. The molecule has 0 aliphatic heterocycles. The van der Waals surface area contributed by atoms with E-state index in [1.165, 1.54) is 12.1 Å². The molecule has 1 unspecified atom stereocenters. The van der Waals surface area contributed by atoms with Gasteiger partial charge in [0, 0.05) is 4.90 Å². The average Bonchev–Trinajstić information content (AvgIpc) is 2.39. The minimum Gasteiger partial charge on any atom is -0.497 e. The van der Waals surface area contributed by atoms with E-state index in [0.29, 0.717) is 10.6 Å². The summed E-state index contributed by atoms with van der Waals surface area (Å²) >= 11 is 0. The highest BCUT2D eigenvalue weighted by atomic mass is 32.2. The Morgan fingerprint density at radius 3 is 2.56 bits per heavy atom. The van der Waals surface area contributed by atoms with Crippen molar-refractivity contribution >= 4 is 10.8 Å². The maximum atomic E-state index is 12.8. The molecular weight excluding hydrogens is 251 g/mol. The Morgan fingerprint density at radius 1 is 1.17 bits per heavy atom. The smallest absolute Gasteiger partial charge is 0.123 e. The maximum Gasteiger partial charge on any atom is 0.123 e. The van der Waals surface area contributed by atoms with Gasteiger partial charge in [-0.1, -0.05) is 12.1 Å². The highest BCUT2D eigenvalue weighted by Gasteiger charge is 2.06. The molecule has 2 nitrogen and oxygen atoms in total. The zero-order valence-corrected chi connectivity index (χ0v) is 10.7. The molecule has 0 saturated heterocycles. The molecule has 0 radical (unpaired) electrons. The van der Waals surface area contributed by atoms with Crippen LogP contribution in [0.3, 0.4) is 0 Å². The minimum absolute atomic E-state index is 0.322. The van der Waals surface area contributed by atoms with Crippen LogP contribution < -0.4 is 4.74 Å². The lowest BCUT2D eigenvalue weighted by Gasteiger charge is -2.05. The molecule has 0 spiro atoms. The van der Waals surface area contributed by atoms with Gasteiger partial charge in [0.15, 0.2) is 0 Å². The minimum atomic E-state index is -1.18. The Labute approximate surface area is 108 Å². The van der Waals surface area contributed by atoms with Crippen LogP contribution in [-0.4, -0.2) is 11.3 Å². The van der Waals surface area contributed by atoms with Gasteiger partial charge in [-0.05, 0) is 42.0 Å². The lowest BCUT2D eigenvalue weighted by atomic mass is 10.2. The second kappa shape index (κ2) is 5.78. The first-order valence-electron chi connectivity index (χ1n) is 5.46. The number of methoxy groups -OCH3 is 1. The van der Waals surface area contributed by atoms with E-state index in [9.17, 15) is 8.60 Å². The van der Waals surface area contributed by atoms with Crippen LogP contribution in [0.5, 0.6) is 5.75 Å². The zero-order valence-electron chi connectivity index (χ0n) is 9.93. The SMILES string of the molecule is COc1cccc(CS(=O)c2ccc(F)cc2)c1. The Hall–Kier alpha value is -1.68. The third kappa shape index (κ3) is 3.17. The zero-order chi connectivity index (χ0) is 13.0. The largest absolute Gasteiger partial charge is 0.497 e. The Balaban J connectivity index is 2.13. The third-order valence-corrected chi connectivity index (χ3v) is 3.90. The van der Waals surface area contributed by atoms with Gasteiger partial charge in [-0.3, -0.25) is 4.21 Å². The van der Waals surface area contributed by atoms with Crippen molar-refractivity contribution < 1.29 is 13.3 Å². The number of hydrogen-bond donors (Lipinski definition) is 0. The molecule has 0 aliphatic carbocycles. The lowest BCUT2D eigenvalue weighted by Crippen LogP contribution is -1.97. The van der Waals surface area contributed by atoms with Crippen molar-refractivity contribution in [2.75, 3.05) is 7.11 Å². The second-order valence-corrected chi connectivity index (χ2v) is 5.25. The molecule has 2 rings (SSSR count). The van der Waals surface area contributed by atoms with Gasteiger partial charge in [-0.2, -0.15) is 0 Å². The summed E-state index contributed by atoms with van der Waals surface area (Å²) < 4.78 is 29.9. The van der Waals surface area contributed by atoms with E-state index < -0.39 is 10.8 Å². The van der Waals surface area contributed by atoms with Gasteiger partial charge in [0.05, 0.1) is 23.7 Å². The van der Waals surface area contributed by atoms with Crippen molar-refractivity contribution in [1.29, 1.82) is 0 Å². The predicted octanol–water partition coefficient (Wildman–Crippen LogP) is 3.14. The topological polar surface area (TPSA) is 26.3 Å². The van der Waals surface area contributed by atoms with Crippen molar-refractivity contribution in [3.8, 4) is 5.75 Å². The number of rotatable bonds is 4. The molecule has 0 N–H and O–H groups in total. The average molecular weight is 264 g/mol. The fourth-order valence-electron chi connectivity index (χ4n) is 1.58. The summed E-state index contributed by atoms with van der Waals surface area (Å²) in [5.41, 5.74) is 0.928. The summed E-state index contributed by atoms with van der Waals surface area (Å²) in [5.74, 6) is 0.809. The molecule has 0 aromatic heterocycles. The van der Waals surface area contributed by atoms with Crippen LogP contribution in [0.25, 0.3) is 0 Å². The molecule has 0 heterocycles. The first-order valence-corrected chi connectivity index (χ1v) is 6.78. The molecule has 2 aromatic carbocycles. The third-order valence-electron chi connectivity index (χ3n) is 2.51. The number of halogens is 1. The quantitative estimate of drug-likeness (QED) is 0.848. The number of hydrogen-bond acceptors (Lipinski definition) is 2. The highest BCUT2D eigenvalue weighted by molar-refractivity contribution is 7.84. The van der Waals surface area contributed by atoms with E-state index in [0.717, 1.165) is 11.3 Å². The van der Waals surface area contributed by atoms with E-state index in [1.54, 1.807) is 19.2 Å². The van der Waals surface area contributed by atoms with Crippen LogP contribution >= 0.6 is 0 Å². The fourth-order valence-corrected chi connectivity index (χ4v) is 2.67. The van der Waals surface area contributed by atoms with Gasteiger partial charge in [-0.15, -0.1) is 0 Å². The number of ether oxygens (including phenoxy) is 1. The van der Waals surface area contributed by atoms with Gasteiger partial charge in [0.25, 0.3) is 0 Å². The van der Waals surface area contributed by atoms with Crippen LogP contribution in [0, 0.1) is 5.82 Å². The Morgan fingerprint density at radius 2 is 1.89 bits per heavy atom. The van der Waals surface area contributed by atoms with E-state index >= 15 is 0 Å². The van der Waals surface area contributed by atoms with Gasteiger partial charge >= 0.3 is 0 Å². The van der Waals surface area contributed by atoms with Gasteiger partial charge in [-0.25, -0.2) is 4.39 Å². The van der Waals surface area contributed by atoms with Crippen LogP contribution in [0.15, 0.2) is 53.4 Å². The molecule has 4 heteroatoms. The summed E-state index contributed by atoms with van der Waals surface area (Å²) in [7, 11) is 0.418. The summed E-state index contributed by atoms with van der Waals surface area (Å²) in [6.07, 6.45) is 0. The van der Waals surface area contributed by atoms with Gasteiger partial charge in [0.2, 0.25) is 0 Å².